The lowest BCUT2D eigenvalue weighted by Gasteiger charge is -2.25. The first kappa shape index (κ1) is 68.2. The summed E-state index contributed by atoms with van der Waals surface area (Å²) < 4.78 is 23.7. The van der Waals surface area contributed by atoms with E-state index < -0.39 is 20.0 Å². The quantitative estimate of drug-likeness (QED) is 0.0243. The first-order valence-corrected chi connectivity index (χ1v) is 32.1. The van der Waals surface area contributed by atoms with Crippen LogP contribution in [0.3, 0.4) is 0 Å². The van der Waals surface area contributed by atoms with Crippen LogP contribution in [0.2, 0.25) is 0 Å². The van der Waals surface area contributed by atoms with E-state index in [-0.39, 0.29) is 19.1 Å². The number of hydrogen-bond donors (Lipinski definition) is 3. The smallest absolute Gasteiger partial charge is 0.387 e. The molecule has 0 saturated heterocycles. The van der Waals surface area contributed by atoms with E-state index in [0.717, 1.165) is 32.1 Å². The van der Waals surface area contributed by atoms with E-state index in [1.54, 1.807) is 6.08 Å². The highest BCUT2D eigenvalue weighted by Crippen LogP contribution is 2.43. The lowest BCUT2D eigenvalue weighted by molar-refractivity contribution is -0.870. The molecule has 0 saturated carbocycles. The summed E-state index contributed by atoms with van der Waals surface area (Å²) in [6.07, 6.45) is 64.7. The Balaban J connectivity index is 4.06. The summed E-state index contributed by atoms with van der Waals surface area (Å²) in [4.78, 5) is 23.3. The Labute approximate surface area is 431 Å². The van der Waals surface area contributed by atoms with Gasteiger partial charge in [-0.2, -0.15) is 0 Å². The molecule has 3 unspecified atom stereocenters. The highest BCUT2D eigenvalue weighted by atomic mass is 31.2. The van der Waals surface area contributed by atoms with Crippen LogP contribution >= 0.6 is 7.82 Å². The number of carbonyl (C=O) groups is 1. The van der Waals surface area contributed by atoms with Crippen LogP contribution in [0.1, 0.15) is 316 Å². The number of nitrogens with zero attached hydrogens (tertiary/aromatic N) is 1. The second-order valence-electron chi connectivity index (χ2n) is 22.4. The Morgan fingerprint density at radius 1 is 0.478 bits per heavy atom. The monoisotopic (exact) mass is 998 g/mol. The molecule has 0 rings (SSSR count). The zero-order valence-electron chi connectivity index (χ0n) is 47.1. The summed E-state index contributed by atoms with van der Waals surface area (Å²) in [6.45, 7) is 4.87. The molecule has 0 aromatic carbocycles. The highest BCUT2D eigenvalue weighted by Gasteiger charge is 2.27. The Morgan fingerprint density at radius 3 is 1.07 bits per heavy atom. The molecule has 69 heavy (non-hydrogen) atoms. The van der Waals surface area contributed by atoms with Crippen molar-refractivity contribution in [3.8, 4) is 0 Å². The molecule has 412 valence electrons. The number of quaternary nitrogens is 1. The average molecular weight is 999 g/mol. The predicted octanol–water partition coefficient (Wildman–Crippen LogP) is 18.6. The SMILES string of the molecule is CCCCCCCCCCCCCCCCCCCCCCCCCCCCCCC/C=C/C(O)C(COP(=O)(O)OCC[N+](C)(C)C)NC(=O)CCCCCCCCCCCCCCCCCC. The van der Waals surface area contributed by atoms with Crippen LogP contribution in [-0.2, 0) is 18.4 Å². The van der Waals surface area contributed by atoms with Crippen LogP contribution in [0.15, 0.2) is 12.2 Å². The van der Waals surface area contributed by atoms with E-state index >= 15 is 0 Å². The van der Waals surface area contributed by atoms with Gasteiger partial charge >= 0.3 is 7.82 Å². The summed E-state index contributed by atoms with van der Waals surface area (Å²) in [5.74, 6) is -0.170. The van der Waals surface area contributed by atoms with Crippen LogP contribution in [0.5, 0.6) is 0 Å². The third-order valence-electron chi connectivity index (χ3n) is 14.3. The molecule has 9 heteroatoms. The van der Waals surface area contributed by atoms with Gasteiger partial charge in [-0.15, -0.1) is 0 Å². The van der Waals surface area contributed by atoms with Crippen molar-refractivity contribution in [2.75, 3.05) is 40.9 Å². The number of aliphatic hydroxyl groups is 1. The zero-order chi connectivity index (χ0) is 50.6. The maximum absolute atomic E-state index is 13.0. The number of unbranched alkanes of at least 4 members (excludes halogenated alkanes) is 44. The summed E-state index contributed by atoms with van der Waals surface area (Å²) >= 11 is 0. The summed E-state index contributed by atoms with van der Waals surface area (Å²) in [7, 11) is 1.59. The Kier molecular flexibility index (Phi) is 51.5. The summed E-state index contributed by atoms with van der Waals surface area (Å²) in [5.41, 5.74) is 0. The van der Waals surface area contributed by atoms with Gasteiger partial charge in [0.15, 0.2) is 0 Å². The number of hydrogen-bond acceptors (Lipinski definition) is 5. The van der Waals surface area contributed by atoms with Gasteiger partial charge in [0, 0.05) is 6.42 Å². The molecule has 3 N–H and O–H groups in total. The van der Waals surface area contributed by atoms with E-state index in [0.29, 0.717) is 17.4 Å². The molecule has 0 spiro atoms. The molecular formula is C60H122N2O6P+. The van der Waals surface area contributed by atoms with Gasteiger partial charge in [0.1, 0.15) is 13.2 Å². The van der Waals surface area contributed by atoms with E-state index in [1.165, 1.54) is 263 Å². The van der Waals surface area contributed by atoms with Crippen molar-refractivity contribution in [2.45, 2.75) is 328 Å². The Morgan fingerprint density at radius 2 is 0.768 bits per heavy atom. The van der Waals surface area contributed by atoms with Crippen LogP contribution in [-0.4, -0.2) is 73.4 Å². The van der Waals surface area contributed by atoms with Gasteiger partial charge in [0.05, 0.1) is 39.9 Å². The van der Waals surface area contributed by atoms with Crippen molar-refractivity contribution in [3.63, 3.8) is 0 Å². The number of phosphoric acid groups is 1. The lowest BCUT2D eigenvalue weighted by atomic mass is 10.0. The third-order valence-corrected chi connectivity index (χ3v) is 15.2. The number of nitrogens with one attached hydrogen (secondary N) is 1. The van der Waals surface area contributed by atoms with Gasteiger partial charge in [-0.25, -0.2) is 4.57 Å². The van der Waals surface area contributed by atoms with Crippen LogP contribution in [0.4, 0.5) is 0 Å². The molecule has 3 atom stereocenters. The number of allylic oxidation sites excluding steroid dienone is 1. The van der Waals surface area contributed by atoms with Crippen LogP contribution in [0.25, 0.3) is 0 Å². The van der Waals surface area contributed by atoms with Gasteiger partial charge in [0.25, 0.3) is 0 Å². The van der Waals surface area contributed by atoms with E-state index in [2.05, 4.69) is 19.2 Å². The largest absolute Gasteiger partial charge is 0.472 e. The number of aliphatic hydroxyl groups excluding tert-OH is 1. The lowest BCUT2D eigenvalue weighted by Crippen LogP contribution is -2.45. The third kappa shape index (κ3) is 54.8. The standard InChI is InChI=1S/C60H121N2O6P/c1-6-8-10-12-14-16-18-20-22-24-25-26-27-28-29-30-31-32-33-34-35-36-37-38-39-41-43-45-47-49-51-53-59(63)58(57-68-69(65,66)67-56-55-62(3,4)5)61-60(64)54-52-50-48-46-44-42-40-23-21-19-17-15-13-11-9-7-2/h51,53,58-59,63H,6-50,52,54-57H2,1-5H3,(H-,61,64,65,66)/p+1/b53-51+. The summed E-state index contributed by atoms with van der Waals surface area (Å²) in [6, 6.07) is -0.842. The van der Waals surface area contributed by atoms with Crippen LogP contribution < -0.4 is 5.32 Å². The highest BCUT2D eigenvalue weighted by molar-refractivity contribution is 7.47. The molecule has 0 aliphatic heterocycles. The van der Waals surface area contributed by atoms with Crippen molar-refractivity contribution in [3.05, 3.63) is 12.2 Å². The molecule has 0 radical (unpaired) electrons. The van der Waals surface area contributed by atoms with Gasteiger partial charge < -0.3 is 19.8 Å². The van der Waals surface area contributed by atoms with Gasteiger partial charge in [0.2, 0.25) is 5.91 Å². The fourth-order valence-corrected chi connectivity index (χ4v) is 10.2. The van der Waals surface area contributed by atoms with Crippen molar-refractivity contribution in [1.29, 1.82) is 0 Å². The molecule has 0 aromatic heterocycles. The first-order chi connectivity index (χ1) is 33.5. The van der Waals surface area contributed by atoms with Crippen LogP contribution in [0, 0.1) is 0 Å². The van der Waals surface area contributed by atoms with Crippen molar-refractivity contribution < 1.29 is 32.9 Å². The molecule has 0 aliphatic carbocycles. The molecule has 0 fully saturated rings. The minimum atomic E-state index is -4.34. The fraction of sp³-hybridized carbons (Fsp3) is 0.950. The molecule has 0 aromatic rings. The second-order valence-corrected chi connectivity index (χ2v) is 23.9. The van der Waals surface area contributed by atoms with Gasteiger partial charge in [-0.05, 0) is 19.3 Å². The maximum Gasteiger partial charge on any atom is 0.472 e. The molecular weight excluding hydrogens is 876 g/mol. The fourth-order valence-electron chi connectivity index (χ4n) is 9.46. The number of rotatable bonds is 57. The minimum Gasteiger partial charge on any atom is -0.387 e. The first-order valence-electron chi connectivity index (χ1n) is 30.6. The van der Waals surface area contributed by atoms with E-state index in [4.69, 9.17) is 9.05 Å². The number of carbonyl (C=O) groups excluding carboxylic acids is 1. The Hall–Kier alpha value is -0.760. The van der Waals surface area contributed by atoms with Crippen molar-refractivity contribution in [1.82, 2.24) is 5.32 Å². The zero-order valence-corrected chi connectivity index (χ0v) is 48.0. The minimum absolute atomic E-state index is 0.0652. The number of likely N-dealkylation sites (N-methyl/N-ethyl adjacent to an activating group) is 1. The van der Waals surface area contributed by atoms with Gasteiger partial charge in [-0.1, -0.05) is 302 Å². The normalized spacial score (nSPS) is 13.9. The molecule has 0 bridgehead atoms. The molecule has 1 amide bonds. The summed E-state index contributed by atoms with van der Waals surface area (Å²) in [5, 5.41) is 14.0. The molecule has 8 nitrogen and oxygen atoms in total. The van der Waals surface area contributed by atoms with E-state index in [9.17, 15) is 19.4 Å². The second kappa shape index (κ2) is 52.1. The predicted molar refractivity (Wildman–Crippen MR) is 300 cm³/mol. The number of amides is 1. The van der Waals surface area contributed by atoms with Gasteiger partial charge in [-0.3, -0.25) is 13.8 Å². The Bertz CT molecular complexity index is 1130. The van der Waals surface area contributed by atoms with Crippen molar-refractivity contribution in [2.24, 2.45) is 0 Å². The topological polar surface area (TPSA) is 105 Å². The van der Waals surface area contributed by atoms with E-state index in [1.807, 2.05) is 27.2 Å². The molecule has 0 heterocycles. The number of phosphoric ester groups is 1. The van der Waals surface area contributed by atoms with Crippen molar-refractivity contribution >= 4 is 13.7 Å². The molecule has 0 aliphatic rings. The average Bonchev–Trinajstić information content (AvgIpc) is 3.31. The maximum atomic E-state index is 13.0.